The number of aliphatic hydroxyl groups excluding tert-OH is 2. The van der Waals surface area contributed by atoms with Crippen molar-refractivity contribution in [1.29, 1.82) is 0 Å². The number of benzene rings is 3. The fourth-order valence-corrected chi connectivity index (χ4v) is 10.5. The highest BCUT2D eigenvalue weighted by atomic mass is 28.3. The Bertz CT molecular complexity index is 796. The Morgan fingerprint density at radius 3 is 1.65 bits per heavy atom. The molecule has 0 radical (unpaired) electrons. The molecule has 26 heavy (non-hydrogen) atoms. The minimum atomic E-state index is -2.32. The van der Waals surface area contributed by atoms with Crippen LogP contribution < -0.4 is 10.4 Å². The van der Waals surface area contributed by atoms with Crippen molar-refractivity contribution in [3.8, 4) is 0 Å². The molecule has 1 aliphatic rings. The second kappa shape index (κ2) is 7.20. The molecule has 0 bridgehead atoms. The van der Waals surface area contributed by atoms with Crippen LogP contribution in [0.1, 0.15) is 5.56 Å². The van der Waals surface area contributed by atoms with E-state index in [-0.39, 0.29) is 5.54 Å². The first-order valence-corrected chi connectivity index (χ1v) is 11.5. The Labute approximate surface area is 155 Å². The van der Waals surface area contributed by atoms with Crippen LogP contribution in [0.15, 0.2) is 91.0 Å². The molecule has 0 saturated carbocycles. The smallest absolute Gasteiger partial charge is 0.126 e. The molecule has 1 heterocycles. The van der Waals surface area contributed by atoms with Crippen molar-refractivity contribution in [2.45, 2.75) is 30.2 Å². The molecule has 0 aromatic heterocycles. The molecule has 0 aliphatic carbocycles. The summed E-state index contributed by atoms with van der Waals surface area (Å²) in [6.45, 7) is 0. The van der Waals surface area contributed by atoms with E-state index in [0.717, 1.165) is 6.42 Å². The van der Waals surface area contributed by atoms with Crippen LogP contribution in [0.5, 0.6) is 0 Å². The lowest BCUT2D eigenvalue weighted by Crippen LogP contribution is -2.60. The van der Waals surface area contributed by atoms with Crippen LogP contribution in [0.2, 0.25) is 11.6 Å². The maximum Gasteiger partial charge on any atom is 0.126 e. The first kappa shape index (κ1) is 17.2. The van der Waals surface area contributed by atoms with Gasteiger partial charge in [-0.25, -0.2) is 0 Å². The van der Waals surface area contributed by atoms with Crippen molar-refractivity contribution >= 4 is 18.4 Å². The van der Waals surface area contributed by atoms with Gasteiger partial charge in [-0.05, 0) is 23.6 Å². The molecule has 1 fully saturated rings. The van der Waals surface area contributed by atoms with E-state index in [0.29, 0.717) is 6.04 Å². The normalized spacial score (nSPS) is 24.5. The molecule has 3 aromatic carbocycles. The maximum atomic E-state index is 11.0. The van der Waals surface area contributed by atoms with E-state index in [1.807, 2.05) is 30.3 Å². The van der Waals surface area contributed by atoms with Gasteiger partial charge in [0, 0.05) is 0 Å². The largest absolute Gasteiger partial charge is 0.391 e. The molecule has 0 spiro atoms. The molecule has 0 amide bonds. The summed E-state index contributed by atoms with van der Waals surface area (Å²) < 4.78 is 0. The van der Waals surface area contributed by atoms with Crippen LogP contribution in [0.4, 0.5) is 0 Å². The quantitative estimate of drug-likeness (QED) is 0.702. The molecule has 132 valence electrons. The molecule has 3 atom stereocenters. The van der Waals surface area contributed by atoms with E-state index >= 15 is 0 Å². The lowest BCUT2D eigenvalue weighted by atomic mass is 10.0. The van der Waals surface area contributed by atoms with E-state index in [2.05, 4.69) is 60.7 Å². The lowest BCUT2D eigenvalue weighted by Gasteiger charge is -2.35. The van der Waals surface area contributed by atoms with Crippen LogP contribution >= 0.6 is 0 Å². The van der Waals surface area contributed by atoms with Crippen molar-refractivity contribution in [2.75, 3.05) is 0 Å². The van der Waals surface area contributed by atoms with Crippen molar-refractivity contribution in [1.82, 2.24) is 0 Å². The van der Waals surface area contributed by atoms with Crippen LogP contribution in [0.3, 0.4) is 0 Å². The number of hydrogen-bond donors (Lipinski definition) is 2. The molecular formula is C23H24O2Si. The molecule has 2 nitrogen and oxygen atoms in total. The molecule has 1 aliphatic heterocycles. The Balaban J connectivity index is 1.87. The third kappa shape index (κ3) is 2.92. The Morgan fingerprint density at radius 1 is 0.692 bits per heavy atom. The molecule has 3 aromatic rings. The summed E-state index contributed by atoms with van der Waals surface area (Å²) in [5.74, 6) is 0. The fraction of sp³-hybridized carbons (Fsp3) is 0.217. The fourth-order valence-electron chi connectivity index (χ4n) is 4.63. The van der Waals surface area contributed by atoms with E-state index in [1.54, 1.807) is 0 Å². The van der Waals surface area contributed by atoms with Crippen LogP contribution in [0.25, 0.3) is 0 Å². The molecular weight excluding hydrogens is 336 g/mol. The van der Waals surface area contributed by atoms with Gasteiger partial charge in [-0.3, -0.25) is 0 Å². The zero-order chi connectivity index (χ0) is 18.0. The van der Waals surface area contributed by atoms with Gasteiger partial charge in [0.25, 0.3) is 0 Å². The summed E-state index contributed by atoms with van der Waals surface area (Å²) in [5, 5.41) is 24.2. The van der Waals surface area contributed by atoms with Crippen LogP contribution in [0, 0.1) is 0 Å². The molecule has 1 saturated heterocycles. The van der Waals surface area contributed by atoms with Crippen molar-refractivity contribution in [3.05, 3.63) is 96.6 Å². The van der Waals surface area contributed by atoms with Gasteiger partial charge in [-0.15, -0.1) is 0 Å². The predicted octanol–water partition coefficient (Wildman–Crippen LogP) is 2.60. The standard InChI is InChI=1S/C23H24O2Si/c24-21-17-26(19-12-6-2-7-13-19,20-14-8-3-9-15-20)22(23(21)25)16-18-10-4-1-5-11-18/h1-15,21-25H,16-17H2/t21-,22+,23-/m1/s1. The SMILES string of the molecule is O[C@@H]1[C@H](O)C[Si](c2ccccc2)(c2ccccc2)[C@H]1Cc1ccccc1. The zero-order valence-electron chi connectivity index (χ0n) is 14.7. The van der Waals surface area contributed by atoms with Crippen LogP contribution in [-0.4, -0.2) is 30.5 Å². The monoisotopic (exact) mass is 360 g/mol. The lowest BCUT2D eigenvalue weighted by molar-refractivity contribution is 0.0390. The number of hydrogen-bond acceptors (Lipinski definition) is 2. The molecule has 4 rings (SSSR count). The van der Waals surface area contributed by atoms with Gasteiger partial charge >= 0.3 is 0 Å². The Hall–Kier alpha value is -2.20. The summed E-state index contributed by atoms with van der Waals surface area (Å²) in [6, 6.07) is 32.1. The first-order valence-electron chi connectivity index (χ1n) is 9.23. The van der Waals surface area contributed by atoms with Crippen molar-refractivity contribution < 1.29 is 10.2 Å². The molecule has 3 heteroatoms. The average molecular weight is 361 g/mol. The second-order valence-electron chi connectivity index (χ2n) is 7.26. The highest BCUT2D eigenvalue weighted by Gasteiger charge is 2.56. The summed E-state index contributed by atoms with van der Waals surface area (Å²) >= 11 is 0. The molecule has 0 unspecified atom stereocenters. The predicted molar refractivity (Wildman–Crippen MR) is 109 cm³/mol. The summed E-state index contributed by atoms with van der Waals surface area (Å²) in [7, 11) is -2.32. The van der Waals surface area contributed by atoms with E-state index < -0.39 is 20.3 Å². The van der Waals surface area contributed by atoms with Crippen molar-refractivity contribution in [2.24, 2.45) is 0 Å². The van der Waals surface area contributed by atoms with Gasteiger partial charge < -0.3 is 10.2 Å². The van der Waals surface area contributed by atoms with Gasteiger partial charge in [-0.1, -0.05) is 101 Å². The van der Waals surface area contributed by atoms with Gasteiger partial charge in [0.1, 0.15) is 8.07 Å². The Kier molecular flexibility index (Phi) is 4.77. The van der Waals surface area contributed by atoms with Crippen LogP contribution in [-0.2, 0) is 6.42 Å². The van der Waals surface area contributed by atoms with Gasteiger partial charge in [0.15, 0.2) is 0 Å². The molecule has 2 N–H and O–H groups in total. The van der Waals surface area contributed by atoms with Gasteiger partial charge in [0.05, 0.1) is 12.2 Å². The van der Waals surface area contributed by atoms with Gasteiger partial charge in [-0.2, -0.15) is 0 Å². The zero-order valence-corrected chi connectivity index (χ0v) is 15.7. The first-order chi connectivity index (χ1) is 12.7. The number of aliphatic hydroxyl groups is 2. The summed E-state index contributed by atoms with van der Waals surface area (Å²) in [6.07, 6.45) is -0.576. The maximum absolute atomic E-state index is 11.0. The van der Waals surface area contributed by atoms with E-state index in [4.69, 9.17) is 0 Å². The third-order valence-corrected chi connectivity index (χ3v) is 11.4. The summed E-state index contributed by atoms with van der Waals surface area (Å²) in [4.78, 5) is 0. The second-order valence-corrected chi connectivity index (χ2v) is 11.5. The number of rotatable bonds is 4. The minimum Gasteiger partial charge on any atom is -0.391 e. The van der Waals surface area contributed by atoms with E-state index in [1.165, 1.54) is 15.9 Å². The average Bonchev–Trinajstić information content (AvgIpc) is 2.96. The van der Waals surface area contributed by atoms with Gasteiger partial charge in [0.2, 0.25) is 0 Å². The topological polar surface area (TPSA) is 40.5 Å². The summed E-state index contributed by atoms with van der Waals surface area (Å²) in [5.41, 5.74) is 1.26. The van der Waals surface area contributed by atoms with Crippen molar-refractivity contribution in [3.63, 3.8) is 0 Å². The highest BCUT2D eigenvalue weighted by Crippen LogP contribution is 2.42. The third-order valence-electron chi connectivity index (χ3n) is 5.85. The van der Waals surface area contributed by atoms with E-state index in [9.17, 15) is 10.2 Å². The highest BCUT2D eigenvalue weighted by molar-refractivity contribution is 7.04. The minimum absolute atomic E-state index is 0.0460. The Morgan fingerprint density at radius 2 is 1.15 bits per heavy atom.